The molecule has 0 radical (unpaired) electrons. The van der Waals surface area contributed by atoms with E-state index in [-0.39, 0.29) is 18.1 Å². The van der Waals surface area contributed by atoms with Gasteiger partial charge in [-0.15, -0.1) is 0 Å². The summed E-state index contributed by atoms with van der Waals surface area (Å²) in [6, 6.07) is 8.47. The predicted molar refractivity (Wildman–Crippen MR) is 73.9 cm³/mol. The smallest absolute Gasteiger partial charge is 0.413 e. The molecule has 0 unspecified atom stereocenters. The molecule has 20 heavy (non-hydrogen) atoms. The number of aromatic carboxylic acids is 1. The maximum Gasteiger partial charge on any atom is 0.413 e. The molecule has 6 nitrogen and oxygen atoms in total. The van der Waals surface area contributed by atoms with Crippen LogP contribution >= 0.6 is 0 Å². The normalized spacial score (nSPS) is 10.0. The van der Waals surface area contributed by atoms with Crippen LogP contribution < -0.4 is 5.32 Å². The highest BCUT2D eigenvalue weighted by Gasteiger charge is 2.13. The van der Waals surface area contributed by atoms with Crippen LogP contribution in [-0.4, -0.2) is 28.8 Å². The van der Waals surface area contributed by atoms with Crippen LogP contribution in [0.3, 0.4) is 0 Å². The van der Waals surface area contributed by atoms with Crippen LogP contribution in [0.4, 0.5) is 10.6 Å². The highest BCUT2D eigenvalue weighted by molar-refractivity contribution is 6.03. The number of carbonyl (C=O) groups excluding carboxylic acids is 1. The van der Waals surface area contributed by atoms with Crippen LogP contribution in [0.1, 0.15) is 10.5 Å². The van der Waals surface area contributed by atoms with Crippen LogP contribution in [-0.2, 0) is 4.74 Å². The maximum atomic E-state index is 11.4. The molecule has 6 heteroatoms. The number of aromatic nitrogens is 1. The molecule has 2 rings (SSSR count). The average molecular weight is 272 g/mol. The second-order valence-electron chi connectivity index (χ2n) is 3.89. The van der Waals surface area contributed by atoms with Gasteiger partial charge in [-0.05, 0) is 11.5 Å². The van der Waals surface area contributed by atoms with Crippen molar-refractivity contribution in [2.24, 2.45) is 0 Å². The topological polar surface area (TPSA) is 88.5 Å². The van der Waals surface area contributed by atoms with Gasteiger partial charge < -0.3 is 9.84 Å². The Kier molecular flexibility index (Phi) is 3.95. The second kappa shape index (κ2) is 5.83. The first kappa shape index (κ1) is 13.5. The Hall–Kier alpha value is -2.89. The molecular formula is C14H12N2O4. The number of nitrogens with one attached hydrogen (secondary N) is 1. The standard InChI is InChI=1S/C14H12N2O4/c1-2-7-20-14(19)16-11-8-9-5-3-4-6-10(9)12(15-11)13(17)18/h2-6,8H,1,7H2,(H,17,18)(H,15,16,19). The molecule has 102 valence electrons. The van der Waals surface area contributed by atoms with Gasteiger partial charge in [0.05, 0.1) is 0 Å². The van der Waals surface area contributed by atoms with Gasteiger partial charge in [0.25, 0.3) is 0 Å². The van der Waals surface area contributed by atoms with Gasteiger partial charge in [-0.2, -0.15) is 0 Å². The van der Waals surface area contributed by atoms with Gasteiger partial charge in [-0.25, -0.2) is 14.6 Å². The van der Waals surface area contributed by atoms with Gasteiger partial charge in [-0.3, -0.25) is 5.32 Å². The molecule has 1 amide bonds. The lowest BCUT2D eigenvalue weighted by atomic mass is 10.1. The highest BCUT2D eigenvalue weighted by Crippen LogP contribution is 2.21. The summed E-state index contributed by atoms with van der Waals surface area (Å²) in [6.45, 7) is 3.48. The molecule has 0 saturated carbocycles. The summed E-state index contributed by atoms with van der Waals surface area (Å²) >= 11 is 0. The first-order valence-corrected chi connectivity index (χ1v) is 5.79. The highest BCUT2D eigenvalue weighted by atomic mass is 16.5. The number of fused-ring (bicyclic) bond motifs is 1. The number of ether oxygens (including phenoxy) is 1. The van der Waals surface area contributed by atoms with Gasteiger partial charge >= 0.3 is 12.1 Å². The molecule has 2 N–H and O–H groups in total. The van der Waals surface area contributed by atoms with E-state index in [1.807, 2.05) is 0 Å². The number of hydrogen-bond donors (Lipinski definition) is 2. The minimum absolute atomic E-state index is 0.0607. The number of anilines is 1. The van der Waals surface area contributed by atoms with E-state index in [2.05, 4.69) is 16.9 Å². The molecule has 0 spiro atoms. The van der Waals surface area contributed by atoms with E-state index in [1.165, 1.54) is 6.08 Å². The van der Waals surface area contributed by atoms with Crippen LogP contribution in [0, 0.1) is 0 Å². The molecule has 0 aliphatic heterocycles. The van der Waals surface area contributed by atoms with Gasteiger partial charge in [-0.1, -0.05) is 36.9 Å². The van der Waals surface area contributed by atoms with Crippen molar-refractivity contribution >= 4 is 28.7 Å². The molecule has 1 heterocycles. The third-order valence-electron chi connectivity index (χ3n) is 2.51. The lowest BCUT2D eigenvalue weighted by Crippen LogP contribution is -2.15. The first-order valence-electron chi connectivity index (χ1n) is 5.79. The summed E-state index contributed by atoms with van der Waals surface area (Å²) in [7, 11) is 0. The molecule has 1 aromatic heterocycles. The van der Waals surface area contributed by atoms with Crippen LogP contribution in [0.25, 0.3) is 10.8 Å². The van der Waals surface area contributed by atoms with Gasteiger partial charge in [0.15, 0.2) is 5.69 Å². The summed E-state index contributed by atoms with van der Waals surface area (Å²) in [6.07, 6.45) is 0.708. The predicted octanol–water partition coefficient (Wildman–Crippen LogP) is 2.67. The van der Waals surface area contributed by atoms with Crippen molar-refractivity contribution in [3.63, 3.8) is 0 Å². The monoisotopic (exact) mass is 272 g/mol. The van der Waals surface area contributed by atoms with Crippen molar-refractivity contribution in [3.05, 3.63) is 48.7 Å². The fraction of sp³-hybridized carbons (Fsp3) is 0.0714. The van der Waals surface area contributed by atoms with Crippen LogP contribution in [0.5, 0.6) is 0 Å². The van der Waals surface area contributed by atoms with Crippen LogP contribution in [0.15, 0.2) is 43.0 Å². The number of carbonyl (C=O) groups is 2. The van der Waals surface area contributed by atoms with Crippen LogP contribution in [0.2, 0.25) is 0 Å². The van der Waals surface area contributed by atoms with Crippen molar-refractivity contribution in [3.8, 4) is 0 Å². The maximum absolute atomic E-state index is 11.4. The molecular weight excluding hydrogens is 260 g/mol. The molecule has 0 saturated heterocycles. The summed E-state index contributed by atoms with van der Waals surface area (Å²) in [5.74, 6) is -1.04. The zero-order valence-electron chi connectivity index (χ0n) is 10.5. The number of benzene rings is 1. The van der Waals surface area contributed by atoms with Crippen molar-refractivity contribution in [1.82, 2.24) is 4.98 Å². The van der Waals surface area contributed by atoms with Crippen molar-refractivity contribution in [1.29, 1.82) is 0 Å². The van der Waals surface area contributed by atoms with E-state index in [9.17, 15) is 9.59 Å². The number of carboxylic acids is 1. The lowest BCUT2D eigenvalue weighted by molar-refractivity contribution is 0.0693. The van der Waals surface area contributed by atoms with E-state index in [4.69, 9.17) is 9.84 Å². The van der Waals surface area contributed by atoms with E-state index < -0.39 is 12.1 Å². The number of nitrogens with zero attached hydrogens (tertiary/aromatic N) is 1. The Bertz CT molecular complexity index is 682. The number of pyridine rings is 1. The van der Waals surface area contributed by atoms with Crippen molar-refractivity contribution < 1.29 is 19.4 Å². The van der Waals surface area contributed by atoms with E-state index in [1.54, 1.807) is 30.3 Å². The number of rotatable bonds is 4. The SMILES string of the molecule is C=CCOC(=O)Nc1cc2ccccc2c(C(=O)O)n1. The average Bonchev–Trinajstić information content (AvgIpc) is 2.44. The molecule has 0 fully saturated rings. The summed E-state index contributed by atoms with van der Waals surface area (Å²) in [5, 5.41) is 12.7. The Morgan fingerprint density at radius 3 is 2.85 bits per heavy atom. The molecule has 0 aliphatic carbocycles. The van der Waals surface area contributed by atoms with E-state index >= 15 is 0 Å². The number of amides is 1. The largest absolute Gasteiger partial charge is 0.476 e. The molecule has 0 bridgehead atoms. The molecule has 0 aliphatic rings. The number of hydrogen-bond acceptors (Lipinski definition) is 4. The van der Waals surface area contributed by atoms with E-state index in [0.29, 0.717) is 10.8 Å². The summed E-state index contributed by atoms with van der Waals surface area (Å²) in [5.41, 5.74) is -0.123. The van der Waals surface area contributed by atoms with Gasteiger partial charge in [0, 0.05) is 5.39 Å². The minimum Gasteiger partial charge on any atom is -0.476 e. The minimum atomic E-state index is -1.16. The number of carboxylic acid groups (broad SMARTS) is 1. The van der Waals surface area contributed by atoms with E-state index in [0.717, 1.165) is 0 Å². The zero-order valence-corrected chi connectivity index (χ0v) is 10.5. The third-order valence-corrected chi connectivity index (χ3v) is 2.51. The Morgan fingerprint density at radius 2 is 2.15 bits per heavy atom. The van der Waals surface area contributed by atoms with Crippen molar-refractivity contribution in [2.45, 2.75) is 0 Å². The Morgan fingerprint density at radius 1 is 1.40 bits per heavy atom. The molecule has 1 aromatic carbocycles. The molecule has 2 aromatic rings. The Labute approximate surface area is 114 Å². The fourth-order valence-corrected chi connectivity index (χ4v) is 1.70. The third kappa shape index (κ3) is 2.92. The van der Waals surface area contributed by atoms with Crippen molar-refractivity contribution in [2.75, 3.05) is 11.9 Å². The molecule has 0 atom stereocenters. The Balaban J connectivity index is 2.37. The second-order valence-corrected chi connectivity index (χ2v) is 3.89. The first-order chi connectivity index (χ1) is 9.61. The zero-order chi connectivity index (χ0) is 14.5. The fourth-order valence-electron chi connectivity index (χ4n) is 1.70. The van der Waals surface area contributed by atoms with Gasteiger partial charge in [0.2, 0.25) is 0 Å². The summed E-state index contributed by atoms with van der Waals surface area (Å²) in [4.78, 5) is 26.5. The lowest BCUT2D eigenvalue weighted by Gasteiger charge is -2.08. The summed E-state index contributed by atoms with van der Waals surface area (Å²) < 4.78 is 4.75. The quantitative estimate of drug-likeness (QED) is 0.835. The van der Waals surface area contributed by atoms with Gasteiger partial charge in [0.1, 0.15) is 12.4 Å².